The highest BCUT2D eigenvalue weighted by Gasteiger charge is 2.14. The quantitative estimate of drug-likeness (QED) is 0.831. The van der Waals surface area contributed by atoms with Crippen LogP contribution in [0.25, 0.3) is 0 Å². The van der Waals surface area contributed by atoms with E-state index in [9.17, 15) is 5.11 Å². The highest BCUT2D eigenvalue weighted by molar-refractivity contribution is 9.10. The molecule has 0 aliphatic carbocycles. The Bertz CT molecular complexity index is 572. The first kappa shape index (κ1) is 15.3. The Morgan fingerprint density at radius 2 is 1.70 bits per heavy atom. The Morgan fingerprint density at radius 3 is 2.30 bits per heavy atom. The van der Waals surface area contributed by atoms with Gasteiger partial charge < -0.3 is 5.11 Å². The van der Waals surface area contributed by atoms with Crippen LogP contribution in [0.3, 0.4) is 0 Å². The van der Waals surface area contributed by atoms with Crippen LogP contribution in [-0.2, 0) is 6.42 Å². The average Bonchev–Trinajstić information content (AvgIpc) is 2.41. The average molecular weight is 333 g/mol. The molecule has 0 amide bonds. The lowest BCUT2D eigenvalue weighted by Crippen LogP contribution is -2.03. The summed E-state index contributed by atoms with van der Waals surface area (Å²) in [4.78, 5) is 0. The van der Waals surface area contributed by atoms with Crippen molar-refractivity contribution in [3.8, 4) is 0 Å². The number of rotatable bonds is 4. The van der Waals surface area contributed by atoms with Gasteiger partial charge in [-0.2, -0.15) is 0 Å². The molecule has 1 atom stereocenters. The summed E-state index contributed by atoms with van der Waals surface area (Å²) in [6, 6.07) is 14.2. The Kier molecular flexibility index (Phi) is 5.00. The van der Waals surface area contributed by atoms with Gasteiger partial charge in [-0.05, 0) is 47.6 Å². The SMILES string of the molecule is Cc1c(Br)cccc1C(O)c1ccc(CC(C)C)cc1. The molecule has 0 aliphatic heterocycles. The zero-order chi connectivity index (χ0) is 14.7. The Balaban J connectivity index is 2.25. The fourth-order valence-electron chi connectivity index (χ4n) is 2.41. The van der Waals surface area contributed by atoms with Gasteiger partial charge in [-0.1, -0.05) is 66.2 Å². The van der Waals surface area contributed by atoms with Crippen molar-refractivity contribution in [1.29, 1.82) is 0 Å². The molecule has 0 saturated heterocycles. The van der Waals surface area contributed by atoms with Crippen molar-refractivity contribution in [3.05, 3.63) is 69.2 Å². The molecular weight excluding hydrogens is 312 g/mol. The molecule has 106 valence electrons. The van der Waals surface area contributed by atoms with Crippen LogP contribution < -0.4 is 0 Å². The van der Waals surface area contributed by atoms with E-state index in [2.05, 4.69) is 41.9 Å². The first-order chi connectivity index (χ1) is 9.49. The minimum atomic E-state index is -0.569. The lowest BCUT2D eigenvalue weighted by atomic mass is 9.95. The van der Waals surface area contributed by atoms with Crippen LogP contribution in [0.15, 0.2) is 46.9 Å². The highest BCUT2D eigenvalue weighted by atomic mass is 79.9. The highest BCUT2D eigenvalue weighted by Crippen LogP contribution is 2.29. The van der Waals surface area contributed by atoms with Gasteiger partial charge in [-0.15, -0.1) is 0 Å². The van der Waals surface area contributed by atoms with E-state index in [1.165, 1.54) is 5.56 Å². The van der Waals surface area contributed by atoms with Crippen molar-refractivity contribution >= 4 is 15.9 Å². The van der Waals surface area contributed by atoms with Crippen LogP contribution in [0.5, 0.6) is 0 Å². The van der Waals surface area contributed by atoms with E-state index in [0.29, 0.717) is 5.92 Å². The summed E-state index contributed by atoms with van der Waals surface area (Å²) in [5.41, 5.74) is 4.31. The van der Waals surface area contributed by atoms with Gasteiger partial charge in [0.1, 0.15) is 6.10 Å². The third kappa shape index (κ3) is 3.50. The van der Waals surface area contributed by atoms with Crippen LogP contribution in [-0.4, -0.2) is 5.11 Å². The number of aliphatic hydroxyl groups is 1. The molecule has 0 radical (unpaired) electrons. The molecule has 0 saturated carbocycles. The van der Waals surface area contributed by atoms with Crippen molar-refractivity contribution in [2.75, 3.05) is 0 Å². The monoisotopic (exact) mass is 332 g/mol. The van der Waals surface area contributed by atoms with Gasteiger partial charge in [0.15, 0.2) is 0 Å². The molecule has 2 rings (SSSR count). The molecule has 20 heavy (non-hydrogen) atoms. The number of aliphatic hydroxyl groups excluding tert-OH is 1. The summed E-state index contributed by atoms with van der Waals surface area (Å²) in [5.74, 6) is 0.651. The topological polar surface area (TPSA) is 20.2 Å². The van der Waals surface area contributed by atoms with Crippen LogP contribution >= 0.6 is 15.9 Å². The Morgan fingerprint density at radius 1 is 1.05 bits per heavy atom. The molecular formula is C18H21BrO. The molecule has 1 unspecified atom stereocenters. The van der Waals surface area contributed by atoms with E-state index in [4.69, 9.17) is 0 Å². The van der Waals surface area contributed by atoms with Gasteiger partial charge in [0.05, 0.1) is 0 Å². The zero-order valence-electron chi connectivity index (χ0n) is 12.2. The maximum atomic E-state index is 10.5. The second-order valence-electron chi connectivity index (χ2n) is 5.70. The second-order valence-corrected chi connectivity index (χ2v) is 6.55. The smallest absolute Gasteiger partial charge is 0.104 e. The summed E-state index contributed by atoms with van der Waals surface area (Å²) in [6.07, 6.45) is 0.507. The van der Waals surface area contributed by atoms with Crippen LogP contribution in [0, 0.1) is 12.8 Å². The standard InChI is InChI=1S/C18H21BrO/c1-12(2)11-14-7-9-15(10-8-14)18(20)16-5-4-6-17(19)13(16)3/h4-10,12,18,20H,11H2,1-3H3. The number of benzene rings is 2. The maximum absolute atomic E-state index is 10.5. The van der Waals surface area contributed by atoms with Gasteiger partial charge in [0.25, 0.3) is 0 Å². The van der Waals surface area contributed by atoms with E-state index in [1.54, 1.807) is 0 Å². The number of halogens is 1. The Hall–Kier alpha value is -1.12. The van der Waals surface area contributed by atoms with Gasteiger partial charge in [0.2, 0.25) is 0 Å². The van der Waals surface area contributed by atoms with Crippen LogP contribution in [0.2, 0.25) is 0 Å². The third-order valence-electron chi connectivity index (χ3n) is 3.54. The van der Waals surface area contributed by atoms with E-state index in [-0.39, 0.29) is 0 Å². The summed E-state index contributed by atoms with van der Waals surface area (Å²) in [7, 11) is 0. The van der Waals surface area contributed by atoms with Gasteiger partial charge in [-0.3, -0.25) is 0 Å². The van der Waals surface area contributed by atoms with E-state index in [1.807, 2.05) is 37.3 Å². The maximum Gasteiger partial charge on any atom is 0.104 e. The van der Waals surface area contributed by atoms with Gasteiger partial charge in [-0.25, -0.2) is 0 Å². The molecule has 0 bridgehead atoms. The zero-order valence-corrected chi connectivity index (χ0v) is 13.8. The fraction of sp³-hybridized carbons (Fsp3) is 0.333. The molecule has 0 spiro atoms. The van der Waals surface area contributed by atoms with Gasteiger partial charge >= 0.3 is 0 Å². The van der Waals surface area contributed by atoms with Crippen molar-refractivity contribution in [2.24, 2.45) is 5.92 Å². The first-order valence-corrected chi connectivity index (χ1v) is 7.80. The summed E-state index contributed by atoms with van der Waals surface area (Å²) in [6.45, 7) is 6.46. The molecule has 0 aliphatic rings. The minimum absolute atomic E-state index is 0.569. The molecule has 2 aromatic rings. The number of hydrogen-bond acceptors (Lipinski definition) is 1. The van der Waals surface area contributed by atoms with E-state index >= 15 is 0 Å². The number of hydrogen-bond donors (Lipinski definition) is 1. The molecule has 0 fully saturated rings. The predicted octanol–water partition coefficient (Wildman–Crippen LogP) is 5.04. The van der Waals surface area contributed by atoms with Crippen molar-refractivity contribution in [3.63, 3.8) is 0 Å². The fourth-order valence-corrected chi connectivity index (χ4v) is 2.79. The summed E-state index contributed by atoms with van der Waals surface area (Å²) >= 11 is 3.51. The summed E-state index contributed by atoms with van der Waals surface area (Å²) in [5, 5.41) is 10.5. The van der Waals surface area contributed by atoms with Crippen molar-refractivity contribution in [1.82, 2.24) is 0 Å². The lowest BCUT2D eigenvalue weighted by molar-refractivity contribution is 0.219. The molecule has 0 aromatic heterocycles. The minimum Gasteiger partial charge on any atom is -0.384 e. The lowest BCUT2D eigenvalue weighted by Gasteiger charge is -2.16. The Labute approximate surface area is 129 Å². The predicted molar refractivity (Wildman–Crippen MR) is 87.9 cm³/mol. The molecule has 1 N–H and O–H groups in total. The third-order valence-corrected chi connectivity index (χ3v) is 4.40. The normalized spacial score (nSPS) is 12.7. The van der Waals surface area contributed by atoms with Crippen LogP contribution in [0.4, 0.5) is 0 Å². The first-order valence-electron chi connectivity index (χ1n) is 7.01. The molecule has 2 aromatic carbocycles. The van der Waals surface area contributed by atoms with E-state index in [0.717, 1.165) is 27.6 Å². The van der Waals surface area contributed by atoms with Crippen molar-refractivity contribution < 1.29 is 5.11 Å². The second kappa shape index (κ2) is 6.55. The molecule has 0 heterocycles. The van der Waals surface area contributed by atoms with Crippen molar-refractivity contribution in [2.45, 2.75) is 33.3 Å². The summed E-state index contributed by atoms with van der Waals surface area (Å²) < 4.78 is 1.03. The molecule has 1 nitrogen and oxygen atoms in total. The largest absolute Gasteiger partial charge is 0.384 e. The molecule has 2 heteroatoms. The van der Waals surface area contributed by atoms with E-state index < -0.39 is 6.10 Å². The van der Waals surface area contributed by atoms with Crippen LogP contribution in [0.1, 0.15) is 42.2 Å². The van der Waals surface area contributed by atoms with Gasteiger partial charge in [0, 0.05) is 4.47 Å².